The molecule has 0 aliphatic carbocycles. The minimum absolute atomic E-state index is 0.0229. The Labute approximate surface area is 170 Å². The number of nitrogens with one attached hydrogen (secondary N) is 1. The van der Waals surface area contributed by atoms with E-state index < -0.39 is 5.92 Å². The number of carbonyl (C=O) groups excluding carboxylic acids is 2. The molecule has 29 heavy (non-hydrogen) atoms. The molecule has 154 valence electrons. The Morgan fingerprint density at radius 1 is 1.21 bits per heavy atom. The summed E-state index contributed by atoms with van der Waals surface area (Å²) in [6.07, 6.45) is 1.99. The lowest BCUT2D eigenvalue weighted by molar-refractivity contribution is -0.129. The van der Waals surface area contributed by atoms with E-state index in [9.17, 15) is 14.0 Å². The minimum Gasteiger partial charge on any atom is -0.497 e. The van der Waals surface area contributed by atoms with Crippen molar-refractivity contribution in [2.45, 2.75) is 38.8 Å². The summed E-state index contributed by atoms with van der Waals surface area (Å²) in [5.74, 6) is -0.406. The molecule has 2 aromatic rings. The molecule has 1 N–H and O–H groups in total. The van der Waals surface area contributed by atoms with E-state index in [1.807, 2.05) is 24.3 Å². The van der Waals surface area contributed by atoms with E-state index in [2.05, 4.69) is 12.2 Å². The summed E-state index contributed by atoms with van der Waals surface area (Å²) in [6, 6.07) is 13.5. The highest BCUT2D eigenvalue weighted by Gasteiger charge is 2.44. The molecule has 1 aliphatic rings. The average molecular weight is 398 g/mol. The molecule has 0 saturated carbocycles. The van der Waals surface area contributed by atoms with E-state index in [1.54, 1.807) is 30.2 Å². The van der Waals surface area contributed by atoms with Crippen LogP contribution >= 0.6 is 0 Å². The van der Waals surface area contributed by atoms with Crippen LogP contribution in [0.15, 0.2) is 48.5 Å². The molecule has 2 aromatic carbocycles. The van der Waals surface area contributed by atoms with Crippen LogP contribution in [0.1, 0.15) is 43.4 Å². The molecule has 1 heterocycles. The molecule has 3 rings (SSSR count). The molecule has 0 spiro atoms. The standard InChI is InChI=1S/C23H27FN2O3/c1-3-4-13-26-21(27)14-19(22(26)16-9-11-18(29-2)12-10-16)23(28)25-15-17-7-5-6-8-20(17)24/h5-12,19,22H,3-4,13-15H2,1-2H3,(H,25,28). The number of unbranched alkanes of at least 4 members (excludes halogenated alkanes) is 1. The second kappa shape index (κ2) is 9.54. The van der Waals surface area contributed by atoms with Crippen molar-refractivity contribution in [1.82, 2.24) is 10.2 Å². The maximum absolute atomic E-state index is 13.9. The van der Waals surface area contributed by atoms with Gasteiger partial charge in [0.1, 0.15) is 11.6 Å². The molecule has 2 atom stereocenters. The Morgan fingerprint density at radius 2 is 1.93 bits per heavy atom. The van der Waals surface area contributed by atoms with Crippen LogP contribution in [-0.4, -0.2) is 30.4 Å². The molecule has 5 nitrogen and oxygen atoms in total. The van der Waals surface area contributed by atoms with Crippen molar-refractivity contribution in [3.63, 3.8) is 0 Å². The number of rotatable bonds is 8. The van der Waals surface area contributed by atoms with Crippen molar-refractivity contribution >= 4 is 11.8 Å². The Morgan fingerprint density at radius 3 is 2.59 bits per heavy atom. The zero-order valence-corrected chi connectivity index (χ0v) is 16.9. The summed E-state index contributed by atoms with van der Waals surface area (Å²) in [6.45, 7) is 2.78. The van der Waals surface area contributed by atoms with Crippen LogP contribution in [0, 0.1) is 11.7 Å². The molecule has 0 radical (unpaired) electrons. The molecule has 0 bridgehead atoms. The number of carbonyl (C=O) groups is 2. The quantitative estimate of drug-likeness (QED) is 0.735. The van der Waals surface area contributed by atoms with Crippen LogP contribution in [0.2, 0.25) is 0 Å². The monoisotopic (exact) mass is 398 g/mol. The predicted octanol–water partition coefficient (Wildman–Crippen LogP) is 3.84. The normalized spacial score (nSPS) is 18.7. The van der Waals surface area contributed by atoms with E-state index >= 15 is 0 Å². The third kappa shape index (κ3) is 4.75. The number of halogens is 1. The first kappa shape index (κ1) is 20.8. The first-order valence-electron chi connectivity index (χ1n) is 9.99. The van der Waals surface area contributed by atoms with Crippen LogP contribution < -0.4 is 10.1 Å². The van der Waals surface area contributed by atoms with Gasteiger partial charge in [-0.05, 0) is 30.2 Å². The van der Waals surface area contributed by atoms with Gasteiger partial charge in [0.05, 0.1) is 19.1 Å². The van der Waals surface area contributed by atoms with Crippen LogP contribution in [0.25, 0.3) is 0 Å². The van der Waals surface area contributed by atoms with Gasteiger partial charge < -0.3 is 15.0 Å². The number of hydrogen-bond donors (Lipinski definition) is 1. The van der Waals surface area contributed by atoms with Gasteiger partial charge in [-0.15, -0.1) is 0 Å². The molecule has 6 heteroatoms. The summed E-state index contributed by atoms with van der Waals surface area (Å²) in [4.78, 5) is 27.5. The average Bonchev–Trinajstić information content (AvgIpc) is 3.07. The zero-order chi connectivity index (χ0) is 20.8. The van der Waals surface area contributed by atoms with E-state index in [0.29, 0.717) is 12.1 Å². The van der Waals surface area contributed by atoms with Crippen LogP contribution in [-0.2, 0) is 16.1 Å². The van der Waals surface area contributed by atoms with Crippen LogP contribution in [0.5, 0.6) is 5.75 Å². The molecule has 1 fully saturated rings. The van der Waals surface area contributed by atoms with E-state index in [-0.39, 0.29) is 36.6 Å². The first-order valence-corrected chi connectivity index (χ1v) is 9.99. The summed E-state index contributed by atoms with van der Waals surface area (Å²) >= 11 is 0. The lowest BCUT2D eigenvalue weighted by Crippen LogP contribution is -2.36. The fraction of sp³-hybridized carbons (Fsp3) is 0.391. The maximum Gasteiger partial charge on any atom is 0.226 e. The highest BCUT2D eigenvalue weighted by Crippen LogP contribution is 2.39. The molecule has 1 saturated heterocycles. The Balaban J connectivity index is 1.81. The van der Waals surface area contributed by atoms with Gasteiger partial charge in [-0.1, -0.05) is 43.7 Å². The van der Waals surface area contributed by atoms with Gasteiger partial charge in [-0.25, -0.2) is 4.39 Å². The minimum atomic E-state index is -0.514. The second-order valence-electron chi connectivity index (χ2n) is 7.28. The number of hydrogen-bond acceptors (Lipinski definition) is 3. The van der Waals surface area contributed by atoms with E-state index in [4.69, 9.17) is 4.74 Å². The first-order chi connectivity index (χ1) is 14.0. The fourth-order valence-electron chi connectivity index (χ4n) is 3.79. The molecule has 1 aliphatic heterocycles. The van der Waals surface area contributed by atoms with E-state index in [1.165, 1.54) is 6.07 Å². The van der Waals surface area contributed by atoms with Gasteiger partial charge in [-0.2, -0.15) is 0 Å². The third-order valence-electron chi connectivity index (χ3n) is 5.39. The van der Waals surface area contributed by atoms with Crippen molar-refractivity contribution in [1.29, 1.82) is 0 Å². The molecule has 2 unspecified atom stereocenters. The fourth-order valence-corrected chi connectivity index (χ4v) is 3.79. The highest BCUT2D eigenvalue weighted by atomic mass is 19.1. The summed E-state index contributed by atoms with van der Waals surface area (Å²) in [5, 5.41) is 2.82. The highest BCUT2D eigenvalue weighted by molar-refractivity contribution is 5.90. The zero-order valence-electron chi connectivity index (χ0n) is 16.9. The Hall–Kier alpha value is -2.89. The topological polar surface area (TPSA) is 58.6 Å². The van der Waals surface area contributed by atoms with Crippen molar-refractivity contribution in [2.75, 3.05) is 13.7 Å². The van der Waals surface area contributed by atoms with Gasteiger partial charge in [-0.3, -0.25) is 9.59 Å². The number of nitrogens with zero attached hydrogens (tertiary/aromatic N) is 1. The van der Waals surface area contributed by atoms with Crippen molar-refractivity contribution in [3.05, 3.63) is 65.5 Å². The molecular formula is C23H27FN2O3. The van der Waals surface area contributed by atoms with Gasteiger partial charge in [0.2, 0.25) is 11.8 Å². The summed E-state index contributed by atoms with van der Waals surface area (Å²) in [5.41, 5.74) is 1.33. The molecule has 0 aromatic heterocycles. The number of amides is 2. The van der Waals surface area contributed by atoms with Gasteiger partial charge in [0.25, 0.3) is 0 Å². The number of ether oxygens (including phenoxy) is 1. The summed E-state index contributed by atoms with van der Waals surface area (Å²) < 4.78 is 19.1. The number of methoxy groups -OCH3 is 1. The molecule has 2 amide bonds. The van der Waals surface area contributed by atoms with Crippen LogP contribution in [0.3, 0.4) is 0 Å². The largest absolute Gasteiger partial charge is 0.497 e. The molecular weight excluding hydrogens is 371 g/mol. The third-order valence-corrected chi connectivity index (χ3v) is 5.39. The Bertz CT molecular complexity index is 853. The number of likely N-dealkylation sites (tertiary alicyclic amines) is 1. The lowest BCUT2D eigenvalue weighted by atomic mass is 9.92. The smallest absolute Gasteiger partial charge is 0.226 e. The van der Waals surface area contributed by atoms with Gasteiger partial charge >= 0.3 is 0 Å². The van der Waals surface area contributed by atoms with Gasteiger partial charge in [0.15, 0.2) is 0 Å². The summed E-state index contributed by atoms with van der Waals surface area (Å²) in [7, 11) is 1.60. The van der Waals surface area contributed by atoms with Crippen molar-refractivity contribution < 1.29 is 18.7 Å². The van der Waals surface area contributed by atoms with Crippen molar-refractivity contribution in [3.8, 4) is 5.75 Å². The maximum atomic E-state index is 13.9. The SMILES string of the molecule is CCCCN1C(=O)CC(C(=O)NCc2ccccc2F)C1c1ccc(OC)cc1. The number of benzene rings is 2. The van der Waals surface area contributed by atoms with Gasteiger partial charge in [0, 0.05) is 25.1 Å². The Kier molecular flexibility index (Phi) is 6.86. The lowest BCUT2D eigenvalue weighted by Gasteiger charge is -2.28. The van der Waals surface area contributed by atoms with Crippen molar-refractivity contribution in [2.24, 2.45) is 5.92 Å². The second-order valence-corrected chi connectivity index (χ2v) is 7.28. The predicted molar refractivity (Wildman–Crippen MR) is 109 cm³/mol. The van der Waals surface area contributed by atoms with E-state index in [0.717, 1.165) is 24.2 Å². The van der Waals surface area contributed by atoms with Crippen LogP contribution in [0.4, 0.5) is 4.39 Å².